The number of alkyl halides is 3. The first-order chi connectivity index (χ1) is 8.26. The van der Waals surface area contributed by atoms with Crippen molar-refractivity contribution in [1.29, 1.82) is 0 Å². The van der Waals surface area contributed by atoms with Crippen LogP contribution in [0.4, 0.5) is 18.9 Å². The van der Waals surface area contributed by atoms with Gasteiger partial charge >= 0.3 is 6.18 Å². The second-order valence-electron chi connectivity index (χ2n) is 3.93. The molecule has 1 heterocycles. The Hall–Kier alpha value is -1.56. The van der Waals surface area contributed by atoms with E-state index >= 15 is 0 Å². The first-order valence-corrected chi connectivity index (χ1v) is 5.36. The third kappa shape index (κ3) is 2.64. The predicted octanol–water partition coefficient (Wildman–Crippen LogP) is 2.97. The van der Waals surface area contributed by atoms with Crippen molar-refractivity contribution in [2.45, 2.75) is 19.0 Å². The molecule has 0 spiro atoms. The Morgan fingerprint density at radius 2 is 2.06 bits per heavy atom. The number of halogens is 4. The molecule has 96 valence electrons. The number of hydrogen-bond acceptors (Lipinski definition) is 2. The molecule has 18 heavy (non-hydrogen) atoms. The fourth-order valence-electron chi connectivity index (χ4n) is 1.74. The molecule has 0 fully saturated rings. The quantitative estimate of drug-likeness (QED) is 0.845. The molecular weight excluding hydrogens is 271 g/mol. The minimum atomic E-state index is -4.58. The molecule has 2 rings (SSSR count). The summed E-state index contributed by atoms with van der Waals surface area (Å²) in [5.74, 6) is -1.38. The molecule has 0 unspecified atom stereocenters. The Balaban J connectivity index is 2.33. The second-order valence-corrected chi connectivity index (χ2v) is 4.34. The van der Waals surface area contributed by atoms with Crippen LogP contribution in [-0.4, -0.2) is 17.9 Å². The van der Waals surface area contributed by atoms with Gasteiger partial charge < -0.3 is 5.32 Å². The molecule has 0 aliphatic carbocycles. The van der Waals surface area contributed by atoms with Crippen molar-refractivity contribution in [1.82, 2.24) is 0 Å². The number of amides is 1. The highest BCUT2D eigenvalue weighted by atomic mass is 35.5. The number of hydrogen-bond donors (Lipinski definition) is 1. The van der Waals surface area contributed by atoms with E-state index in [1.807, 2.05) is 0 Å². The monoisotopic (exact) mass is 277 g/mol. The zero-order valence-electron chi connectivity index (χ0n) is 8.90. The van der Waals surface area contributed by atoms with E-state index in [1.54, 1.807) is 0 Å². The van der Waals surface area contributed by atoms with Gasteiger partial charge in [0, 0.05) is 11.3 Å². The fourth-order valence-corrected chi connectivity index (χ4v) is 2.01. The maximum atomic E-state index is 12.1. The molecule has 7 heteroatoms. The molecule has 0 saturated heterocycles. The van der Waals surface area contributed by atoms with E-state index in [1.165, 1.54) is 12.1 Å². The molecule has 0 atom stereocenters. The number of benzene rings is 1. The average molecular weight is 278 g/mol. The maximum Gasteiger partial charge on any atom is 0.396 e. The molecule has 3 nitrogen and oxygen atoms in total. The van der Waals surface area contributed by atoms with Crippen LogP contribution in [-0.2, 0) is 11.2 Å². The lowest BCUT2D eigenvalue weighted by Crippen LogP contribution is -2.15. The van der Waals surface area contributed by atoms with Crippen LogP contribution in [0.5, 0.6) is 0 Å². The highest BCUT2D eigenvalue weighted by molar-refractivity contribution is 6.34. The molecule has 1 aliphatic rings. The predicted molar refractivity (Wildman–Crippen MR) is 58.8 cm³/mol. The van der Waals surface area contributed by atoms with Crippen molar-refractivity contribution in [3.05, 3.63) is 28.3 Å². The molecule has 1 aromatic carbocycles. The van der Waals surface area contributed by atoms with Crippen molar-refractivity contribution >= 4 is 29.0 Å². The Morgan fingerprint density at radius 3 is 2.67 bits per heavy atom. The maximum absolute atomic E-state index is 12.1. The number of fused-ring (bicyclic) bond motifs is 1. The Morgan fingerprint density at radius 1 is 1.39 bits per heavy atom. The van der Waals surface area contributed by atoms with E-state index in [4.69, 9.17) is 11.6 Å². The number of ketones is 1. The number of anilines is 1. The van der Waals surface area contributed by atoms with Gasteiger partial charge in [-0.05, 0) is 17.7 Å². The molecule has 1 aliphatic heterocycles. The fraction of sp³-hybridized carbons (Fsp3) is 0.273. The molecule has 0 saturated carbocycles. The molecule has 1 aromatic rings. The molecule has 0 aromatic heterocycles. The van der Waals surface area contributed by atoms with Gasteiger partial charge in [-0.1, -0.05) is 11.6 Å². The molecule has 1 amide bonds. The van der Waals surface area contributed by atoms with Crippen LogP contribution < -0.4 is 5.32 Å². The first-order valence-electron chi connectivity index (χ1n) is 4.98. The summed E-state index contributed by atoms with van der Waals surface area (Å²) in [4.78, 5) is 22.6. The average Bonchev–Trinajstić information content (AvgIpc) is 2.53. The molecule has 1 N–H and O–H groups in total. The van der Waals surface area contributed by atoms with Crippen LogP contribution in [0.2, 0.25) is 5.02 Å². The van der Waals surface area contributed by atoms with Crippen molar-refractivity contribution in [3.8, 4) is 0 Å². The topological polar surface area (TPSA) is 46.2 Å². The summed E-state index contributed by atoms with van der Waals surface area (Å²) in [6.07, 6.45) is -6.10. The Kier molecular flexibility index (Phi) is 3.06. The van der Waals surface area contributed by atoms with E-state index in [-0.39, 0.29) is 22.9 Å². The highest BCUT2D eigenvalue weighted by Gasteiger charge is 2.33. The van der Waals surface area contributed by atoms with Gasteiger partial charge in [0.25, 0.3) is 0 Å². The lowest BCUT2D eigenvalue weighted by atomic mass is 10.0. The van der Waals surface area contributed by atoms with E-state index in [2.05, 4.69) is 5.32 Å². The van der Waals surface area contributed by atoms with Crippen LogP contribution in [0, 0.1) is 0 Å². The SMILES string of the molecule is O=C1Cc2cc(C(=O)CC(F)(F)F)c(Cl)cc2N1. The van der Waals surface area contributed by atoms with Gasteiger partial charge in [-0.3, -0.25) is 9.59 Å². The van der Waals surface area contributed by atoms with Gasteiger partial charge in [-0.25, -0.2) is 0 Å². The minimum absolute atomic E-state index is 0.0405. The van der Waals surface area contributed by atoms with Gasteiger partial charge in [0.15, 0.2) is 5.78 Å². The standard InChI is InChI=1S/C11H7ClF3NO2/c12-7-3-8-5(2-10(18)16-8)1-6(7)9(17)4-11(13,14)15/h1,3H,2,4H2,(H,16,18). The zero-order chi connectivity index (χ0) is 13.5. The summed E-state index contributed by atoms with van der Waals surface area (Å²) < 4.78 is 36.4. The van der Waals surface area contributed by atoms with Gasteiger partial charge in [-0.2, -0.15) is 13.2 Å². The van der Waals surface area contributed by atoms with Gasteiger partial charge in [0.1, 0.15) is 6.42 Å². The summed E-state index contributed by atoms with van der Waals surface area (Å²) in [6, 6.07) is 2.54. The van der Waals surface area contributed by atoms with Crippen molar-refractivity contribution in [2.75, 3.05) is 5.32 Å². The lowest BCUT2D eigenvalue weighted by molar-refractivity contribution is -0.125. The normalized spacial score (nSPS) is 14.3. The number of carbonyl (C=O) groups excluding carboxylic acids is 2. The van der Waals surface area contributed by atoms with Gasteiger partial charge in [-0.15, -0.1) is 0 Å². The minimum Gasteiger partial charge on any atom is -0.325 e. The smallest absolute Gasteiger partial charge is 0.325 e. The molecule has 0 radical (unpaired) electrons. The van der Waals surface area contributed by atoms with Crippen LogP contribution >= 0.6 is 11.6 Å². The van der Waals surface area contributed by atoms with Crippen LogP contribution in [0.15, 0.2) is 12.1 Å². The summed E-state index contributed by atoms with van der Waals surface area (Å²) >= 11 is 5.74. The summed E-state index contributed by atoms with van der Waals surface area (Å²) in [5, 5.41) is 2.40. The highest BCUT2D eigenvalue weighted by Crippen LogP contribution is 2.32. The van der Waals surface area contributed by atoms with Crippen molar-refractivity contribution in [3.63, 3.8) is 0 Å². The third-order valence-electron chi connectivity index (χ3n) is 2.48. The largest absolute Gasteiger partial charge is 0.396 e. The summed E-state index contributed by atoms with van der Waals surface area (Å²) in [5.41, 5.74) is 0.715. The van der Waals surface area contributed by atoms with Crippen LogP contribution in [0.3, 0.4) is 0 Å². The van der Waals surface area contributed by atoms with Gasteiger partial charge in [0.2, 0.25) is 5.91 Å². The van der Waals surface area contributed by atoms with Crippen molar-refractivity contribution < 1.29 is 22.8 Å². The second kappa shape index (κ2) is 4.28. The number of carbonyl (C=O) groups is 2. The number of rotatable bonds is 2. The summed E-state index contributed by atoms with van der Waals surface area (Å²) in [6.45, 7) is 0. The molecular formula is C11H7ClF3NO2. The van der Waals surface area contributed by atoms with Crippen LogP contribution in [0.1, 0.15) is 22.3 Å². The third-order valence-corrected chi connectivity index (χ3v) is 2.79. The van der Waals surface area contributed by atoms with E-state index < -0.39 is 18.4 Å². The number of Topliss-reactive ketones (excluding diaryl/α,β-unsaturated/α-hetero) is 1. The number of nitrogens with one attached hydrogen (secondary N) is 1. The molecule has 0 bridgehead atoms. The Bertz CT molecular complexity index is 540. The van der Waals surface area contributed by atoms with Crippen LogP contribution in [0.25, 0.3) is 0 Å². The van der Waals surface area contributed by atoms with E-state index in [0.717, 1.165) is 0 Å². The van der Waals surface area contributed by atoms with E-state index in [9.17, 15) is 22.8 Å². The van der Waals surface area contributed by atoms with E-state index in [0.29, 0.717) is 11.3 Å². The lowest BCUT2D eigenvalue weighted by Gasteiger charge is -2.08. The van der Waals surface area contributed by atoms with Gasteiger partial charge in [0.05, 0.1) is 11.4 Å². The van der Waals surface area contributed by atoms with Crippen molar-refractivity contribution in [2.24, 2.45) is 0 Å². The first kappa shape index (κ1) is 12.9. The Labute approximate surface area is 105 Å². The summed E-state index contributed by atoms with van der Waals surface area (Å²) in [7, 11) is 0. The zero-order valence-corrected chi connectivity index (χ0v) is 9.65.